The van der Waals surface area contributed by atoms with Gasteiger partial charge in [-0.3, -0.25) is 4.79 Å². The van der Waals surface area contributed by atoms with Crippen LogP contribution in [0.5, 0.6) is 0 Å². The van der Waals surface area contributed by atoms with Crippen LogP contribution in [-0.4, -0.2) is 50.2 Å². The first-order chi connectivity index (χ1) is 7.75. The maximum atomic E-state index is 11.8. The van der Waals surface area contributed by atoms with E-state index in [9.17, 15) is 4.79 Å². The fourth-order valence-corrected chi connectivity index (χ4v) is 2.01. The Balaban J connectivity index is 2.18. The largest absolute Gasteiger partial charge is 0.382 e. The molecule has 1 atom stereocenters. The Bertz CT molecular complexity index is 203. The van der Waals surface area contributed by atoms with Gasteiger partial charge in [-0.05, 0) is 32.7 Å². The van der Waals surface area contributed by atoms with Crippen LogP contribution < -0.4 is 5.32 Å². The van der Waals surface area contributed by atoms with Crippen LogP contribution in [-0.2, 0) is 9.53 Å². The van der Waals surface area contributed by atoms with Crippen molar-refractivity contribution < 1.29 is 9.53 Å². The van der Waals surface area contributed by atoms with Gasteiger partial charge in [0, 0.05) is 39.3 Å². The van der Waals surface area contributed by atoms with Crippen molar-refractivity contribution in [3.63, 3.8) is 0 Å². The quantitative estimate of drug-likeness (QED) is 0.690. The second kappa shape index (κ2) is 7.63. The Hall–Kier alpha value is -0.610. The van der Waals surface area contributed by atoms with Crippen LogP contribution in [0.3, 0.4) is 0 Å². The number of amides is 1. The molecule has 1 saturated heterocycles. The Labute approximate surface area is 98.3 Å². The van der Waals surface area contributed by atoms with Crippen molar-refractivity contribution >= 4 is 5.91 Å². The van der Waals surface area contributed by atoms with Gasteiger partial charge in [0.1, 0.15) is 0 Å². The Kier molecular flexibility index (Phi) is 6.42. The molecule has 16 heavy (non-hydrogen) atoms. The summed E-state index contributed by atoms with van der Waals surface area (Å²) in [5.74, 6) is 0.244. The summed E-state index contributed by atoms with van der Waals surface area (Å²) in [5.41, 5.74) is 0. The summed E-state index contributed by atoms with van der Waals surface area (Å²) in [5, 5.41) is 3.33. The predicted octanol–water partition coefficient (Wildman–Crippen LogP) is 1.01. The monoisotopic (exact) mass is 228 g/mol. The number of ether oxygens (including phenoxy) is 1. The predicted molar refractivity (Wildman–Crippen MR) is 64.4 cm³/mol. The molecule has 0 aromatic heterocycles. The van der Waals surface area contributed by atoms with Gasteiger partial charge < -0.3 is 15.0 Å². The molecule has 1 heterocycles. The zero-order valence-corrected chi connectivity index (χ0v) is 10.5. The van der Waals surface area contributed by atoms with Gasteiger partial charge >= 0.3 is 0 Å². The van der Waals surface area contributed by atoms with E-state index in [1.165, 1.54) is 6.42 Å². The molecule has 1 N–H and O–H groups in total. The summed E-state index contributed by atoms with van der Waals surface area (Å²) in [4.78, 5) is 13.7. The molecule has 0 aliphatic carbocycles. The number of likely N-dealkylation sites (N-methyl/N-ethyl adjacent to an activating group) is 1. The second-order valence-electron chi connectivity index (χ2n) is 4.31. The third-order valence-electron chi connectivity index (χ3n) is 3.10. The fraction of sp³-hybridized carbons (Fsp3) is 0.917. The van der Waals surface area contributed by atoms with Gasteiger partial charge in [0.25, 0.3) is 0 Å². The summed E-state index contributed by atoms with van der Waals surface area (Å²) in [6.07, 6.45) is 3.73. The number of carbonyl (C=O) groups is 1. The van der Waals surface area contributed by atoms with Crippen LogP contribution in [0.2, 0.25) is 0 Å². The molecule has 4 heteroatoms. The molecular weight excluding hydrogens is 204 g/mol. The third-order valence-corrected chi connectivity index (χ3v) is 3.10. The van der Waals surface area contributed by atoms with Gasteiger partial charge in [0.15, 0.2) is 0 Å². The maximum Gasteiger partial charge on any atom is 0.222 e. The highest BCUT2D eigenvalue weighted by molar-refractivity contribution is 5.76. The van der Waals surface area contributed by atoms with E-state index >= 15 is 0 Å². The SMILES string of the molecule is CCOCCCC(=O)N(C)C1CCCNC1. The van der Waals surface area contributed by atoms with Crippen LogP contribution in [0.1, 0.15) is 32.6 Å². The second-order valence-corrected chi connectivity index (χ2v) is 4.31. The highest BCUT2D eigenvalue weighted by Gasteiger charge is 2.21. The first-order valence-corrected chi connectivity index (χ1v) is 6.29. The van der Waals surface area contributed by atoms with Crippen molar-refractivity contribution in [2.45, 2.75) is 38.6 Å². The van der Waals surface area contributed by atoms with Crippen molar-refractivity contribution in [2.24, 2.45) is 0 Å². The van der Waals surface area contributed by atoms with Crippen molar-refractivity contribution in [3.05, 3.63) is 0 Å². The molecule has 1 unspecified atom stereocenters. The average molecular weight is 228 g/mol. The third kappa shape index (κ3) is 4.49. The molecule has 1 aliphatic heterocycles. The van der Waals surface area contributed by atoms with E-state index in [1.807, 2.05) is 18.9 Å². The number of hydrogen-bond acceptors (Lipinski definition) is 3. The van der Waals surface area contributed by atoms with Crippen LogP contribution in [0.4, 0.5) is 0 Å². The molecule has 1 aliphatic rings. The molecule has 0 spiro atoms. The highest BCUT2D eigenvalue weighted by Crippen LogP contribution is 2.10. The molecule has 1 rings (SSSR count). The van der Waals surface area contributed by atoms with Crippen LogP contribution in [0.25, 0.3) is 0 Å². The van der Waals surface area contributed by atoms with Gasteiger partial charge in [0.05, 0.1) is 0 Å². The average Bonchev–Trinajstić information content (AvgIpc) is 2.34. The Morgan fingerprint density at radius 3 is 3.00 bits per heavy atom. The zero-order valence-electron chi connectivity index (χ0n) is 10.5. The van der Waals surface area contributed by atoms with Crippen LogP contribution >= 0.6 is 0 Å². The lowest BCUT2D eigenvalue weighted by Gasteiger charge is -2.31. The van der Waals surface area contributed by atoms with Gasteiger partial charge in [0.2, 0.25) is 5.91 Å². The molecule has 0 aromatic rings. The summed E-state index contributed by atoms with van der Waals surface area (Å²) >= 11 is 0. The van der Waals surface area contributed by atoms with Gasteiger partial charge in [-0.1, -0.05) is 0 Å². The lowest BCUT2D eigenvalue weighted by atomic mass is 10.1. The fourth-order valence-electron chi connectivity index (χ4n) is 2.01. The topological polar surface area (TPSA) is 41.6 Å². The summed E-state index contributed by atoms with van der Waals surface area (Å²) in [6.45, 7) is 5.42. The van der Waals surface area contributed by atoms with Crippen molar-refractivity contribution in [1.29, 1.82) is 0 Å². The summed E-state index contributed by atoms with van der Waals surface area (Å²) < 4.78 is 5.23. The maximum absolute atomic E-state index is 11.8. The lowest BCUT2D eigenvalue weighted by molar-refractivity contribution is -0.132. The first-order valence-electron chi connectivity index (χ1n) is 6.29. The molecular formula is C12H24N2O2. The smallest absolute Gasteiger partial charge is 0.222 e. The molecule has 94 valence electrons. The van der Waals surface area contributed by atoms with Crippen molar-refractivity contribution in [3.8, 4) is 0 Å². The van der Waals surface area contributed by atoms with Gasteiger partial charge in [-0.15, -0.1) is 0 Å². The standard InChI is InChI=1S/C12H24N2O2/c1-3-16-9-5-7-12(15)14(2)11-6-4-8-13-10-11/h11,13H,3-10H2,1-2H3. The molecule has 1 fully saturated rings. The van der Waals surface area contributed by atoms with Crippen LogP contribution in [0.15, 0.2) is 0 Å². The molecule has 0 bridgehead atoms. The van der Waals surface area contributed by atoms with E-state index in [2.05, 4.69) is 5.32 Å². The zero-order chi connectivity index (χ0) is 11.8. The van der Waals surface area contributed by atoms with Gasteiger partial charge in [-0.2, -0.15) is 0 Å². The van der Waals surface area contributed by atoms with E-state index in [-0.39, 0.29) is 5.91 Å². The number of carbonyl (C=O) groups excluding carboxylic acids is 1. The van der Waals surface area contributed by atoms with Crippen molar-refractivity contribution in [2.75, 3.05) is 33.4 Å². The number of hydrogen-bond donors (Lipinski definition) is 1. The minimum atomic E-state index is 0.244. The molecule has 1 amide bonds. The highest BCUT2D eigenvalue weighted by atomic mass is 16.5. The Morgan fingerprint density at radius 1 is 1.56 bits per heavy atom. The van der Waals surface area contributed by atoms with E-state index in [0.717, 1.165) is 32.5 Å². The number of nitrogens with zero attached hydrogens (tertiary/aromatic N) is 1. The molecule has 4 nitrogen and oxygen atoms in total. The van der Waals surface area contributed by atoms with E-state index < -0.39 is 0 Å². The van der Waals surface area contributed by atoms with Crippen molar-refractivity contribution in [1.82, 2.24) is 10.2 Å². The summed E-state index contributed by atoms with van der Waals surface area (Å²) in [6, 6.07) is 0.383. The minimum Gasteiger partial charge on any atom is -0.382 e. The Morgan fingerprint density at radius 2 is 2.38 bits per heavy atom. The van der Waals surface area contributed by atoms with Crippen LogP contribution in [0, 0.1) is 0 Å². The number of nitrogens with one attached hydrogen (secondary N) is 1. The van der Waals surface area contributed by atoms with E-state index in [4.69, 9.17) is 4.74 Å². The van der Waals surface area contributed by atoms with E-state index in [0.29, 0.717) is 19.1 Å². The van der Waals surface area contributed by atoms with E-state index in [1.54, 1.807) is 0 Å². The first kappa shape index (κ1) is 13.5. The number of piperidine rings is 1. The van der Waals surface area contributed by atoms with Gasteiger partial charge in [-0.25, -0.2) is 0 Å². The molecule has 0 saturated carbocycles. The normalized spacial score (nSPS) is 20.8. The molecule has 0 radical (unpaired) electrons. The number of rotatable bonds is 6. The minimum absolute atomic E-state index is 0.244. The summed E-state index contributed by atoms with van der Waals surface area (Å²) in [7, 11) is 1.92. The lowest BCUT2D eigenvalue weighted by Crippen LogP contribution is -2.46. The molecule has 0 aromatic carbocycles.